The standard InChI is InChI=1S/C16H13F3O2S/c1-11-2-4-12(5-3-11)10-22(20,21)7-6-14-15(18)8-13(17)9-16(14)19/h2-9H,10H2,1H3. The van der Waals surface area contributed by atoms with E-state index in [1.807, 2.05) is 6.92 Å². The highest BCUT2D eigenvalue weighted by molar-refractivity contribution is 7.93. The van der Waals surface area contributed by atoms with Gasteiger partial charge in [-0.15, -0.1) is 0 Å². The van der Waals surface area contributed by atoms with E-state index in [2.05, 4.69) is 0 Å². The zero-order valence-electron chi connectivity index (χ0n) is 11.7. The zero-order valence-corrected chi connectivity index (χ0v) is 12.5. The first-order valence-corrected chi connectivity index (χ1v) is 8.09. The monoisotopic (exact) mass is 326 g/mol. The molecule has 2 aromatic rings. The van der Waals surface area contributed by atoms with Gasteiger partial charge in [-0.05, 0) is 18.6 Å². The Hall–Kier alpha value is -2.08. The number of halogens is 3. The Bertz CT molecular complexity index is 787. The van der Waals surface area contributed by atoms with Crippen LogP contribution in [0.4, 0.5) is 13.2 Å². The molecule has 116 valence electrons. The number of hydrogen-bond acceptors (Lipinski definition) is 2. The van der Waals surface area contributed by atoms with Gasteiger partial charge in [0.15, 0.2) is 9.84 Å². The van der Waals surface area contributed by atoms with E-state index in [0.717, 1.165) is 17.0 Å². The molecule has 2 rings (SSSR count). The molecule has 0 unspecified atom stereocenters. The quantitative estimate of drug-likeness (QED) is 0.851. The van der Waals surface area contributed by atoms with E-state index in [9.17, 15) is 21.6 Å². The average Bonchev–Trinajstić information content (AvgIpc) is 2.40. The van der Waals surface area contributed by atoms with Gasteiger partial charge < -0.3 is 0 Å². The van der Waals surface area contributed by atoms with Crippen molar-refractivity contribution in [3.8, 4) is 0 Å². The van der Waals surface area contributed by atoms with Crippen molar-refractivity contribution in [1.82, 2.24) is 0 Å². The van der Waals surface area contributed by atoms with Gasteiger partial charge in [0.1, 0.15) is 17.5 Å². The third kappa shape index (κ3) is 4.21. The first kappa shape index (κ1) is 16.3. The molecule has 0 saturated carbocycles. The number of aryl methyl sites for hydroxylation is 1. The van der Waals surface area contributed by atoms with E-state index in [-0.39, 0.29) is 5.75 Å². The van der Waals surface area contributed by atoms with Crippen LogP contribution in [-0.4, -0.2) is 8.42 Å². The molecule has 0 N–H and O–H groups in total. The highest BCUT2D eigenvalue weighted by Crippen LogP contribution is 2.18. The van der Waals surface area contributed by atoms with Crippen LogP contribution in [0.15, 0.2) is 41.8 Å². The van der Waals surface area contributed by atoms with Crippen molar-refractivity contribution in [3.63, 3.8) is 0 Å². The molecular weight excluding hydrogens is 313 g/mol. The Kier molecular flexibility index (Phi) is 4.71. The summed E-state index contributed by atoms with van der Waals surface area (Å²) in [5, 5.41) is 0.728. The van der Waals surface area contributed by atoms with Crippen LogP contribution in [0.2, 0.25) is 0 Å². The predicted octanol–water partition coefficient (Wildman–Crippen LogP) is 4.00. The highest BCUT2D eigenvalue weighted by Gasteiger charge is 2.12. The fourth-order valence-corrected chi connectivity index (χ4v) is 2.95. The number of benzene rings is 2. The Labute approximate surface area is 126 Å². The molecule has 0 amide bonds. The lowest BCUT2D eigenvalue weighted by molar-refractivity contribution is 0.540. The molecular formula is C16H13F3O2S. The minimum Gasteiger partial charge on any atom is -0.224 e. The second kappa shape index (κ2) is 6.36. The summed E-state index contributed by atoms with van der Waals surface area (Å²) in [6.45, 7) is 1.87. The van der Waals surface area contributed by atoms with Crippen LogP contribution in [0.25, 0.3) is 6.08 Å². The second-order valence-corrected chi connectivity index (χ2v) is 6.77. The molecule has 0 heterocycles. The SMILES string of the molecule is Cc1ccc(CS(=O)(=O)C=Cc2c(F)cc(F)cc2F)cc1. The summed E-state index contributed by atoms with van der Waals surface area (Å²) < 4.78 is 63.5. The molecule has 0 saturated heterocycles. The Morgan fingerprint density at radius 2 is 1.55 bits per heavy atom. The van der Waals surface area contributed by atoms with E-state index < -0.39 is 32.9 Å². The summed E-state index contributed by atoms with van der Waals surface area (Å²) in [5.74, 6) is -3.65. The van der Waals surface area contributed by atoms with Gasteiger partial charge in [0, 0.05) is 23.1 Å². The van der Waals surface area contributed by atoms with Gasteiger partial charge in [-0.2, -0.15) is 0 Å². The fourth-order valence-electron chi connectivity index (χ4n) is 1.85. The molecule has 0 aromatic heterocycles. The van der Waals surface area contributed by atoms with Gasteiger partial charge in [0.25, 0.3) is 0 Å². The smallest absolute Gasteiger partial charge is 0.175 e. The van der Waals surface area contributed by atoms with Crippen molar-refractivity contribution in [2.45, 2.75) is 12.7 Å². The normalized spacial score (nSPS) is 12.0. The topological polar surface area (TPSA) is 34.1 Å². The van der Waals surface area contributed by atoms with E-state index in [1.165, 1.54) is 0 Å². The molecule has 0 bridgehead atoms. The lowest BCUT2D eigenvalue weighted by atomic mass is 10.2. The van der Waals surface area contributed by atoms with E-state index in [1.54, 1.807) is 24.3 Å². The minimum absolute atomic E-state index is 0.284. The molecule has 0 radical (unpaired) electrons. The molecule has 0 aliphatic carbocycles. The average molecular weight is 326 g/mol. The third-order valence-corrected chi connectivity index (χ3v) is 4.26. The summed E-state index contributed by atoms with van der Waals surface area (Å²) in [7, 11) is -3.70. The van der Waals surface area contributed by atoms with Gasteiger partial charge in [-0.25, -0.2) is 21.6 Å². The maximum atomic E-state index is 13.4. The minimum atomic E-state index is -3.70. The maximum Gasteiger partial charge on any atom is 0.175 e. The first-order valence-electron chi connectivity index (χ1n) is 6.38. The number of rotatable bonds is 4. The van der Waals surface area contributed by atoms with Crippen molar-refractivity contribution < 1.29 is 21.6 Å². The number of sulfone groups is 1. The van der Waals surface area contributed by atoms with Crippen molar-refractivity contribution >= 4 is 15.9 Å². The molecule has 0 spiro atoms. The molecule has 0 atom stereocenters. The van der Waals surface area contributed by atoms with E-state index in [0.29, 0.717) is 17.7 Å². The lowest BCUT2D eigenvalue weighted by Gasteiger charge is -2.02. The summed E-state index contributed by atoms with van der Waals surface area (Å²) in [4.78, 5) is 0. The van der Waals surface area contributed by atoms with Crippen LogP contribution < -0.4 is 0 Å². The summed E-state index contributed by atoms with van der Waals surface area (Å²) >= 11 is 0. The third-order valence-electron chi connectivity index (χ3n) is 2.97. The molecule has 22 heavy (non-hydrogen) atoms. The Morgan fingerprint density at radius 3 is 2.09 bits per heavy atom. The maximum absolute atomic E-state index is 13.4. The van der Waals surface area contributed by atoms with Gasteiger partial charge in [-0.1, -0.05) is 29.8 Å². The second-order valence-electron chi connectivity index (χ2n) is 4.88. The molecule has 6 heteroatoms. The van der Waals surface area contributed by atoms with Crippen molar-refractivity contribution in [1.29, 1.82) is 0 Å². The molecule has 0 fully saturated rings. The van der Waals surface area contributed by atoms with Crippen LogP contribution in [0.3, 0.4) is 0 Å². The van der Waals surface area contributed by atoms with Gasteiger partial charge in [0.05, 0.1) is 5.75 Å². The lowest BCUT2D eigenvalue weighted by Crippen LogP contribution is -2.00. The largest absolute Gasteiger partial charge is 0.224 e. The fraction of sp³-hybridized carbons (Fsp3) is 0.125. The van der Waals surface area contributed by atoms with Gasteiger partial charge in [0.2, 0.25) is 0 Å². The van der Waals surface area contributed by atoms with Crippen molar-refractivity contribution in [3.05, 3.63) is 75.9 Å². The molecule has 0 aliphatic rings. The van der Waals surface area contributed by atoms with Gasteiger partial charge in [-0.3, -0.25) is 0 Å². The summed E-state index contributed by atoms with van der Waals surface area (Å²) in [5.41, 5.74) is 0.969. The van der Waals surface area contributed by atoms with Crippen molar-refractivity contribution in [2.24, 2.45) is 0 Å². The van der Waals surface area contributed by atoms with Crippen molar-refractivity contribution in [2.75, 3.05) is 0 Å². The van der Waals surface area contributed by atoms with Crippen LogP contribution >= 0.6 is 0 Å². The van der Waals surface area contributed by atoms with Crippen LogP contribution in [0.5, 0.6) is 0 Å². The molecule has 2 aromatic carbocycles. The zero-order chi connectivity index (χ0) is 16.3. The van der Waals surface area contributed by atoms with Crippen LogP contribution in [-0.2, 0) is 15.6 Å². The molecule has 2 nitrogen and oxygen atoms in total. The number of hydrogen-bond donors (Lipinski definition) is 0. The summed E-state index contributed by atoms with van der Waals surface area (Å²) in [6, 6.07) is 7.87. The highest BCUT2D eigenvalue weighted by atomic mass is 32.2. The van der Waals surface area contributed by atoms with E-state index in [4.69, 9.17) is 0 Å². The van der Waals surface area contributed by atoms with Gasteiger partial charge >= 0.3 is 0 Å². The van der Waals surface area contributed by atoms with Crippen LogP contribution in [0.1, 0.15) is 16.7 Å². The van der Waals surface area contributed by atoms with E-state index >= 15 is 0 Å². The summed E-state index contributed by atoms with van der Waals surface area (Å²) in [6.07, 6.45) is 0.799. The Balaban J connectivity index is 2.23. The predicted molar refractivity (Wildman–Crippen MR) is 79.2 cm³/mol. The Morgan fingerprint density at radius 1 is 1.00 bits per heavy atom. The first-order chi connectivity index (χ1) is 10.3. The van der Waals surface area contributed by atoms with Crippen LogP contribution in [0, 0.1) is 24.4 Å². The molecule has 0 aliphatic heterocycles.